The lowest BCUT2D eigenvalue weighted by Crippen LogP contribution is -2.24. The molecule has 0 aliphatic heterocycles. The number of benzene rings is 1. The van der Waals surface area contributed by atoms with Crippen molar-refractivity contribution in [2.45, 2.75) is 32.7 Å². The number of non-ortho nitro benzene ring substituents is 1. The third-order valence-electron chi connectivity index (χ3n) is 2.80. The third kappa shape index (κ3) is 5.78. The second-order valence-electron chi connectivity index (χ2n) is 4.90. The molecule has 0 heterocycles. The number of nitro benzene ring substituents is 1. The molecular weight excluding hydrogens is 274 g/mol. The second-order valence-corrected chi connectivity index (χ2v) is 4.90. The first kappa shape index (κ1) is 16.9. The molecule has 7 heteroatoms. The average molecular weight is 295 g/mol. The summed E-state index contributed by atoms with van der Waals surface area (Å²) in [5.74, 6) is 0.130. The number of ether oxygens (including phenoxy) is 1. The van der Waals surface area contributed by atoms with Crippen LogP contribution < -0.4 is 15.4 Å². The largest absolute Gasteiger partial charge is 0.494 e. The van der Waals surface area contributed by atoms with Crippen LogP contribution >= 0.6 is 0 Å². The minimum absolute atomic E-state index is 0.0778. The Morgan fingerprint density at radius 2 is 2.14 bits per heavy atom. The zero-order valence-electron chi connectivity index (χ0n) is 12.5. The summed E-state index contributed by atoms with van der Waals surface area (Å²) in [6.07, 6.45) is 1.10. The highest BCUT2D eigenvalue weighted by Crippen LogP contribution is 2.29. The molecular formula is C14H21N3O4. The van der Waals surface area contributed by atoms with Crippen molar-refractivity contribution in [1.29, 1.82) is 0 Å². The van der Waals surface area contributed by atoms with Gasteiger partial charge in [0.2, 0.25) is 5.91 Å². The zero-order valence-corrected chi connectivity index (χ0v) is 12.5. The minimum atomic E-state index is -0.508. The number of nitrogens with one attached hydrogen (secondary N) is 2. The lowest BCUT2D eigenvalue weighted by Gasteiger charge is -2.10. The van der Waals surface area contributed by atoms with E-state index in [2.05, 4.69) is 10.6 Å². The van der Waals surface area contributed by atoms with Crippen LogP contribution in [0, 0.1) is 10.1 Å². The Kier molecular flexibility index (Phi) is 6.61. The fraction of sp³-hybridized carbons (Fsp3) is 0.500. The van der Waals surface area contributed by atoms with Gasteiger partial charge in [-0.1, -0.05) is 13.8 Å². The number of anilines is 1. The van der Waals surface area contributed by atoms with Crippen LogP contribution in [0.1, 0.15) is 26.7 Å². The number of hydrogen-bond donors (Lipinski definition) is 2. The topological polar surface area (TPSA) is 93.5 Å². The molecule has 1 amide bonds. The highest BCUT2D eigenvalue weighted by molar-refractivity contribution is 5.92. The maximum Gasteiger partial charge on any atom is 0.273 e. The molecule has 2 N–H and O–H groups in total. The molecule has 1 aromatic carbocycles. The number of carbonyl (C=O) groups is 1. The number of rotatable bonds is 8. The van der Waals surface area contributed by atoms with Crippen molar-refractivity contribution in [3.05, 3.63) is 28.3 Å². The molecule has 116 valence electrons. The Balaban J connectivity index is 2.57. The summed E-state index contributed by atoms with van der Waals surface area (Å²) < 4.78 is 5.06. The van der Waals surface area contributed by atoms with E-state index in [1.807, 2.05) is 13.8 Å². The van der Waals surface area contributed by atoms with Gasteiger partial charge in [-0.15, -0.1) is 0 Å². The Hall–Kier alpha value is -2.15. The van der Waals surface area contributed by atoms with E-state index in [4.69, 9.17) is 4.74 Å². The maximum atomic E-state index is 11.8. The first-order valence-electron chi connectivity index (χ1n) is 6.79. The Labute approximate surface area is 123 Å². The number of hydrogen-bond acceptors (Lipinski definition) is 5. The molecule has 0 aliphatic carbocycles. The van der Waals surface area contributed by atoms with E-state index in [0.717, 1.165) is 13.0 Å². The fourth-order valence-corrected chi connectivity index (χ4v) is 1.75. The number of carbonyl (C=O) groups excluding carboxylic acids is 1. The van der Waals surface area contributed by atoms with Gasteiger partial charge in [-0.3, -0.25) is 14.9 Å². The standard InChI is InChI=1S/C14H21N3O4/c1-10(2)15-8-4-5-14(18)16-12-7-6-11(17(19)20)9-13(12)21-3/h6-7,9-10,15H,4-5,8H2,1-3H3,(H,16,18). The molecule has 21 heavy (non-hydrogen) atoms. The van der Waals surface area contributed by atoms with E-state index in [0.29, 0.717) is 18.2 Å². The predicted molar refractivity (Wildman–Crippen MR) is 80.7 cm³/mol. The van der Waals surface area contributed by atoms with Gasteiger partial charge in [0.1, 0.15) is 5.75 Å². The van der Waals surface area contributed by atoms with Gasteiger partial charge >= 0.3 is 0 Å². The molecule has 0 spiro atoms. The number of amides is 1. The molecule has 0 saturated heterocycles. The fourth-order valence-electron chi connectivity index (χ4n) is 1.75. The van der Waals surface area contributed by atoms with Gasteiger partial charge in [0.05, 0.1) is 23.8 Å². The van der Waals surface area contributed by atoms with Gasteiger partial charge in [0.15, 0.2) is 0 Å². The summed E-state index contributed by atoms with van der Waals surface area (Å²) in [6, 6.07) is 4.48. The normalized spacial score (nSPS) is 10.5. The van der Waals surface area contributed by atoms with Gasteiger partial charge in [0.25, 0.3) is 5.69 Å². The quantitative estimate of drug-likeness (QED) is 0.436. The van der Waals surface area contributed by atoms with Gasteiger partial charge in [0, 0.05) is 18.5 Å². The molecule has 0 atom stereocenters. The number of nitro groups is 1. The second kappa shape index (κ2) is 8.21. The lowest BCUT2D eigenvalue weighted by atomic mass is 10.2. The molecule has 1 rings (SSSR count). The highest BCUT2D eigenvalue weighted by atomic mass is 16.6. The van der Waals surface area contributed by atoms with Crippen LogP contribution in [0.2, 0.25) is 0 Å². The van der Waals surface area contributed by atoms with Crippen LogP contribution in [-0.2, 0) is 4.79 Å². The van der Waals surface area contributed by atoms with Crippen molar-refractivity contribution in [3.8, 4) is 5.75 Å². The summed E-state index contributed by atoms with van der Waals surface area (Å²) in [4.78, 5) is 22.0. The lowest BCUT2D eigenvalue weighted by molar-refractivity contribution is -0.384. The Morgan fingerprint density at radius 1 is 1.43 bits per heavy atom. The molecule has 0 radical (unpaired) electrons. The average Bonchev–Trinajstić information content (AvgIpc) is 2.43. The van der Waals surface area contributed by atoms with Crippen molar-refractivity contribution in [1.82, 2.24) is 5.32 Å². The Morgan fingerprint density at radius 3 is 2.71 bits per heavy atom. The van der Waals surface area contributed by atoms with Crippen LogP contribution in [0.3, 0.4) is 0 Å². The molecule has 0 aliphatic rings. The Bertz CT molecular complexity index is 503. The summed E-state index contributed by atoms with van der Waals surface area (Å²) in [5, 5.41) is 16.6. The van der Waals surface area contributed by atoms with Crippen LogP contribution in [0.15, 0.2) is 18.2 Å². The smallest absolute Gasteiger partial charge is 0.273 e. The van der Waals surface area contributed by atoms with E-state index in [1.165, 1.54) is 25.3 Å². The van der Waals surface area contributed by atoms with E-state index in [1.54, 1.807) is 0 Å². The van der Waals surface area contributed by atoms with Crippen LogP contribution in [-0.4, -0.2) is 30.5 Å². The first-order chi connectivity index (χ1) is 9.93. The van der Waals surface area contributed by atoms with Crippen molar-refractivity contribution in [2.24, 2.45) is 0 Å². The SMILES string of the molecule is COc1cc([N+](=O)[O-])ccc1NC(=O)CCCNC(C)C. The molecule has 0 fully saturated rings. The minimum Gasteiger partial charge on any atom is -0.494 e. The van der Waals surface area contributed by atoms with E-state index >= 15 is 0 Å². The van der Waals surface area contributed by atoms with E-state index < -0.39 is 4.92 Å². The highest BCUT2D eigenvalue weighted by Gasteiger charge is 2.13. The summed E-state index contributed by atoms with van der Waals surface area (Å²) in [7, 11) is 1.40. The van der Waals surface area contributed by atoms with Crippen LogP contribution in [0.4, 0.5) is 11.4 Å². The van der Waals surface area contributed by atoms with Crippen molar-refractivity contribution in [2.75, 3.05) is 19.0 Å². The van der Waals surface area contributed by atoms with Gasteiger partial charge in [-0.05, 0) is 19.0 Å². The summed E-state index contributed by atoms with van der Waals surface area (Å²) in [5.41, 5.74) is 0.357. The maximum absolute atomic E-state index is 11.8. The van der Waals surface area contributed by atoms with Crippen molar-refractivity contribution < 1.29 is 14.5 Å². The number of methoxy groups -OCH3 is 1. The summed E-state index contributed by atoms with van der Waals surface area (Å²) in [6.45, 7) is 4.85. The molecule has 0 bridgehead atoms. The first-order valence-corrected chi connectivity index (χ1v) is 6.79. The zero-order chi connectivity index (χ0) is 15.8. The predicted octanol–water partition coefficient (Wildman–Crippen LogP) is 2.32. The molecule has 7 nitrogen and oxygen atoms in total. The monoisotopic (exact) mass is 295 g/mol. The third-order valence-corrected chi connectivity index (χ3v) is 2.80. The van der Waals surface area contributed by atoms with Crippen molar-refractivity contribution >= 4 is 17.3 Å². The van der Waals surface area contributed by atoms with Crippen molar-refractivity contribution in [3.63, 3.8) is 0 Å². The summed E-state index contributed by atoms with van der Waals surface area (Å²) >= 11 is 0. The van der Waals surface area contributed by atoms with E-state index in [9.17, 15) is 14.9 Å². The molecule has 0 unspecified atom stereocenters. The van der Waals surface area contributed by atoms with E-state index in [-0.39, 0.29) is 17.3 Å². The number of nitrogens with zero attached hydrogens (tertiary/aromatic N) is 1. The molecule has 0 saturated carbocycles. The van der Waals surface area contributed by atoms with Gasteiger partial charge in [-0.25, -0.2) is 0 Å². The molecule has 0 aromatic heterocycles. The van der Waals surface area contributed by atoms with Crippen LogP contribution in [0.5, 0.6) is 5.75 Å². The van der Waals surface area contributed by atoms with Gasteiger partial charge < -0.3 is 15.4 Å². The molecule has 1 aromatic rings. The van der Waals surface area contributed by atoms with Crippen LogP contribution in [0.25, 0.3) is 0 Å². The van der Waals surface area contributed by atoms with Gasteiger partial charge in [-0.2, -0.15) is 0 Å².